The molecule has 1 aliphatic rings. The first kappa shape index (κ1) is 13.2. The Labute approximate surface area is 119 Å². The zero-order chi connectivity index (χ0) is 12.4. The largest absolute Gasteiger partial charge is 0.339 e. The van der Waals surface area contributed by atoms with Crippen molar-refractivity contribution in [3.05, 3.63) is 33.8 Å². The van der Waals surface area contributed by atoms with E-state index in [9.17, 15) is 4.79 Å². The van der Waals surface area contributed by atoms with Crippen molar-refractivity contribution in [2.75, 3.05) is 13.1 Å². The van der Waals surface area contributed by atoms with Gasteiger partial charge in [-0.25, -0.2) is 0 Å². The standard InChI is InChI=1S/C12H12BrCl2NO/c13-8-4-6-16(7-5-8)12(17)9-2-1-3-10(14)11(9)15/h1-3,8H,4-7H2. The number of rotatable bonds is 1. The number of amides is 1. The van der Waals surface area contributed by atoms with Crippen LogP contribution in [0.1, 0.15) is 23.2 Å². The number of nitrogens with zero attached hydrogens (tertiary/aromatic N) is 1. The van der Waals surface area contributed by atoms with Gasteiger partial charge in [0.1, 0.15) is 0 Å². The van der Waals surface area contributed by atoms with Gasteiger partial charge in [-0.2, -0.15) is 0 Å². The van der Waals surface area contributed by atoms with Crippen LogP contribution in [0.25, 0.3) is 0 Å². The summed E-state index contributed by atoms with van der Waals surface area (Å²) in [5.74, 6) is -0.0306. The molecule has 2 nitrogen and oxygen atoms in total. The van der Waals surface area contributed by atoms with Crippen LogP contribution in [0.3, 0.4) is 0 Å². The van der Waals surface area contributed by atoms with Gasteiger partial charge in [-0.05, 0) is 25.0 Å². The second-order valence-corrected chi connectivity index (χ2v) is 6.15. The second kappa shape index (κ2) is 5.59. The maximum atomic E-state index is 12.2. The van der Waals surface area contributed by atoms with Gasteiger partial charge in [0.25, 0.3) is 5.91 Å². The fourth-order valence-corrected chi connectivity index (χ4v) is 2.68. The molecular formula is C12H12BrCl2NO. The van der Waals surface area contributed by atoms with Crippen molar-refractivity contribution in [3.63, 3.8) is 0 Å². The summed E-state index contributed by atoms with van der Waals surface area (Å²) in [5.41, 5.74) is 0.493. The highest BCUT2D eigenvalue weighted by atomic mass is 79.9. The molecule has 92 valence electrons. The summed E-state index contributed by atoms with van der Waals surface area (Å²) in [7, 11) is 0. The van der Waals surface area contributed by atoms with Crippen LogP contribution in [-0.2, 0) is 0 Å². The fraction of sp³-hybridized carbons (Fsp3) is 0.417. The van der Waals surface area contributed by atoms with Crippen molar-refractivity contribution in [1.29, 1.82) is 0 Å². The molecule has 0 aliphatic carbocycles. The van der Waals surface area contributed by atoms with Crippen LogP contribution in [0.4, 0.5) is 0 Å². The molecule has 1 saturated heterocycles. The molecule has 0 N–H and O–H groups in total. The second-order valence-electron chi connectivity index (χ2n) is 4.07. The van der Waals surface area contributed by atoms with E-state index in [1.54, 1.807) is 18.2 Å². The molecule has 1 amide bonds. The van der Waals surface area contributed by atoms with E-state index < -0.39 is 0 Å². The van der Waals surface area contributed by atoms with Crippen LogP contribution in [0.2, 0.25) is 10.0 Å². The third kappa shape index (κ3) is 2.95. The van der Waals surface area contributed by atoms with Crippen molar-refractivity contribution in [1.82, 2.24) is 4.90 Å². The minimum atomic E-state index is -0.0306. The number of alkyl halides is 1. The molecule has 1 fully saturated rings. The van der Waals surface area contributed by atoms with Crippen molar-refractivity contribution in [3.8, 4) is 0 Å². The number of carbonyl (C=O) groups excluding carboxylic acids is 1. The van der Waals surface area contributed by atoms with Gasteiger partial charge in [-0.3, -0.25) is 4.79 Å². The Morgan fingerprint density at radius 1 is 1.29 bits per heavy atom. The Bertz CT molecular complexity index is 431. The average Bonchev–Trinajstić information content (AvgIpc) is 2.33. The van der Waals surface area contributed by atoms with E-state index in [0.29, 0.717) is 20.4 Å². The molecule has 0 aromatic heterocycles. The quantitative estimate of drug-likeness (QED) is 0.710. The van der Waals surface area contributed by atoms with Crippen LogP contribution in [0.15, 0.2) is 18.2 Å². The first-order valence-corrected chi connectivity index (χ1v) is 7.14. The van der Waals surface area contributed by atoms with E-state index >= 15 is 0 Å². The van der Waals surface area contributed by atoms with Crippen LogP contribution >= 0.6 is 39.1 Å². The minimum absolute atomic E-state index is 0.0306. The highest BCUT2D eigenvalue weighted by molar-refractivity contribution is 9.09. The highest BCUT2D eigenvalue weighted by Crippen LogP contribution is 2.27. The average molecular weight is 337 g/mol. The summed E-state index contributed by atoms with van der Waals surface area (Å²) < 4.78 is 0. The number of carbonyl (C=O) groups is 1. The Morgan fingerprint density at radius 2 is 1.94 bits per heavy atom. The lowest BCUT2D eigenvalue weighted by Gasteiger charge is -2.29. The summed E-state index contributed by atoms with van der Waals surface area (Å²) in [4.78, 5) is 14.6. The summed E-state index contributed by atoms with van der Waals surface area (Å²) in [5, 5.41) is 0.771. The van der Waals surface area contributed by atoms with E-state index in [0.717, 1.165) is 25.9 Å². The highest BCUT2D eigenvalue weighted by Gasteiger charge is 2.24. The predicted molar refractivity (Wildman–Crippen MR) is 74.3 cm³/mol. The number of hydrogen-bond donors (Lipinski definition) is 0. The molecular weight excluding hydrogens is 325 g/mol. The van der Waals surface area contributed by atoms with E-state index in [1.165, 1.54) is 0 Å². The van der Waals surface area contributed by atoms with E-state index in [1.807, 2.05) is 4.90 Å². The lowest BCUT2D eigenvalue weighted by atomic mass is 10.1. The third-order valence-corrected chi connectivity index (χ3v) is 4.63. The van der Waals surface area contributed by atoms with Gasteiger partial charge in [-0.15, -0.1) is 0 Å². The molecule has 0 bridgehead atoms. The van der Waals surface area contributed by atoms with E-state index in [2.05, 4.69) is 15.9 Å². The summed E-state index contributed by atoms with van der Waals surface area (Å²) in [6.45, 7) is 1.52. The number of benzene rings is 1. The molecule has 5 heteroatoms. The first-order valence-electron chi connectivity index (χ1n) is 5.47. The molecule has 0 radical (unpaired) electrons. The molecule has 0 spiro atoms. The molecule has 17 heavy (non-hydrogen) atoms. The molecule has 1 heterocycles. The Kier molecular flexibility index (Phi) is 4.34. The summed E-state index contributed by atoms with van der Waals surface area (Å²) in [6, 6.07) is 5.15. The van der Waals surface area contributed by atoms with Gasteiger partial charge in [0, 0.05) is 17.9 Å². The van der Waals surface area contributed by atoms with Gasteiger partial charge in [0.2, 0.25) is 0 Å². The normalized spacial score (nSPS) is 17.2. The first-order chi connectivity index (χ1) is 8.09. The zero-order valence-corrected chi connectivity index (χ0v) is 12.2. The van der Waals surface area contributed by atoms with E-state index in [-0.39, 0.29) is 5.91 Å². The van der Waals surface area contributed by atoms with Crippen molar-refractivity contribution in [2.45, 2.75) is 17.7 Å². The smallest absolute Gasteiger partial charge is 0.255 e. The Balaban J connectivity index is 2.17. The van der Waals surface area contributed by atoms with Gasteiger partial charge >= 0.3 is 0 Å². The summed E-state index contributed by atoms with van der Waals surface area (Å²) in [6.07, 6.45) is 1.95. The molecule has 1 aliphatic heterocycles. The maximum Gasteiger partial charge on any atom is 0.255 e. The monoisotopic (exact) mass is 335 g/mol. The van der Waals surface area contributed by atoms with Gasteiger partial charge in [0.15, 0.2) is 0 Å². The van der Waals surface area contributed by atoms with E-state index in [4.69, 9.17) is 23.2 Å². The SMILES string of the molecule is O=C(c1cccc(Cl)c1Cl)N1CCC(Br)CC1. The number of likely N-dealkylation sites (tertiary alicyclic amines) is 1. The molecule has 0 unspecified atom stereocenters. The van der Waals surface area contributed by atoms with Crippen molar-refractivity contribution >= 4 is 45.0 Å². The fourth-order valence-electron chi connectivity index (χ4n) is 1.89. The topological polar surface area (TPSA) is 20.3 Å². The Morgan fingerprint density at radius 3 is 2.59 bits per heavy atom. The molecule has 1 aromatic rings. The van der Waals surface area contributed by atoms with Gasteiger partial charge in [-0.1, -0.05) is 45.2 Å². The minimum Gasteiger partial charge on any atom is -0.339 e. The lowest BCUT2D eigenvalue weighted by Crippen LogP contribution is -2.38. The molecule has 0 atom stereocenters. The summed E-state index contributed by atoms with van der Waals surface area (Å²) >= 11 is 15.5. The number of halogens is 3. The van der Waals surface area contributed by atoms with Crippen molar-refractivity contribution in [2.24, 2.45) is 0 Å². The van der Waals surface area contributed by atoms with Crippen molar-refractivity contribution < 1.29 is 4.79 Å². The number of piperidine rings is 1. The van der Waals surface area contributed by atoms with Crippen LogP contribution in [0, 0.1) is 0 Å². The van der Waals surface area contributed by atoms with Crippen LogP contribution in [-0.4, -0.2) is 28.7 Å². The molecule has 0 saturated carbocycles. The molecule has 1 aromatic carbocycles. The predicted octanol–water partition coefficient (Wildman–Crippen LogP) is 3.99. The van der Waals surface area contributed by atoms with Crippen LogP contribution in [0.5, 0.6) is 0 Å². The van der Waals surface area contributed by atoms with Gasteiger partial charge in [0.05, 0.1) is 15.6 Å². The zero-order valence-electron chi connectivity index (χ0n) is 9.13. The van der Waals surface area contributed by atoms with Gasteiger partial charge < -0.3 is 4.90 Å². The Hall–Kier alpha value is -0.250. The number of hydrogen-bond acceptors (Lipinski definition) is 1. The molecule has 2 rings (SSSR count). The third-order valence-electron chi connectivity index (χ3n) is 2.89. The maximum absolute atomic E-state index is 12.2. The lowest BCUT2D eigenvalue weighted by molar-refractivity contribution is 0.0728. The van der Waals surface area contributed by atoms with Crippen LogP contribution < -0.4 is 0 Å².